The number of ether oxygens (including phenoxy) is 1. The van der Waals surface area contributed by atoms with E-state index in [1.54, 1.807) is 0 Å². The molecule has 2 rings (SSSR count). The van der Waals surface area contributed by atoms with Gasteiger partial charge in [-0.05, 0) is 65.3 Å². The number of carbonyl (C=O) groups is 1. The van der Waals surface area contributed by atoms with Crippen LogP contribution in [0.25, 0.3) is 0 Å². The number of nitrogens with zero attached hydrogens (tertiary/aromatic N) is 1. The van der Waals surface area contributed by atoms with Crippen molar-refractivity contribution < 1.29 is 9.53 Å². The lowest BCUT2D eigenvalue weighted by atomic mass is 9.92. The molecule has 1 amide bonds. The first-order chi connectivity index (χ1) is 10.9. The van der Waals surface area contributed by atoms with Gasteiger partial charge in [0.15, 0.2) is 0 Å². The second kappa shape index (κ2) is 8.06. The maximum absolute atomic E-state index is 12.5. The smallest absolute Gasteiger partial charge is 0.410 e. The Kier molecular flexibility index (Phi) is 6.35. The van der Waals surface area contributed by atoms with Crippen LogP contribution in [-0.2, 0) is 4.74 Å². The Bertz CT molecular complexity index is 436. The highest BCUT2D eigenvalue weighted by Gasteiger charge is 2.41. The zero-order valence-electron chi connectivity index (χ0n) is 14.9. The molecule has 1 saturated heterocycles. The third kappa shape index (κ3) is 5.14. The van der Waals surface area contributed by atoms with Gasteiger partial charge < -0.3 is 15.0 Å². The van der Waals surface area contributed by atoms with Crippen molar-refractivity contribution >= 4 is 6.09 Å². The van der Waals surface area contributed by atoms with Gasteiger partial charge in [0.25, 0.3) is 0 Å². The van der Waals surface area contributed by atoms with E-state index in [1.165, 1.54) is 19.3 Å². The lowest BCUT2D eigenvalue weighted by Crippen LogP contribution is -2.47. The highest BCUT2D eigenvalue weighted by molar-refractivity contribution is 5.69. The Labute approximate surface area is 141 Å². The van der Waals surface area contributed by atoms with Crippen LogP contribution in [0, 0.1) is 18.3 Å². The van der Waals surface area contributed by atoms with Gasteiger partial charge in [0, 0.05) is 25.0 Å². The minimum absolute atomic E-state index is 0.141. The molecule has 3 unspecified atom stereocenters. The van der Waals surface area contributed by atoms with Gasteiger partial charge in [0.2, 0.25) is 0 Å². The Morgan fingerprint density at radius 3 is 2.78 bits per heavy atom. The van der Waals surface area contributed by atoms with Crippen LogP contribution in [0.2, 0.25) is 0 Å². The summed E-state index contributed by atoms with van der Waals surface area (Å²) < 4.78 is 5.60. The molecule has 130 valence electrons. The first-order valence-electron chi connectivity index (χ1n) is 9.09. The molecule has 0 aromatic carbocycles. The normalized spacial score (nSPS) is 27.9. The summed E-state index contributed by atoms with van der Waals surface area (Å²) in [5, 5.41) is 3.68. The monoisotopic (exact) mass is 320 g/mol. The Balaban J connectivity index is 1.92. The molecule has 0 spiro atoms. The van der Waals surface area contributed by atoms with E-state index in [0.717, 1.165) is 38.8 Å². The molecule has 1 aliphatic carbocycles. The molecule has 1 N–H and O–H groups in total. The van der Waals surface area contributed by atoms with Crippen LogP contribution in [0.3, 0.4) is 0 Å². The van der Waals surface area contributed by atoms with Gasteiger partial charge in [-0.1, -0.05) is 6.42 Å². The molecular weight excluding hydrogens is 288 g/mol. The van der Waals surface area contributed by atoms with Gasteiger partial charge in [-0.25, -0.2) is 4.79 Å². The van der Waals surface area contributed by atoms with E-state index in [4.69, 9.17) is 11.2 Å². The van der Waals surface area contributed by atoms with Crippen molar-refractivity contribution in [3.63, 3.8) is 0 Å². The molecular formula is C19H32N2O2. The molecule has 2 aliphatic rings. The van der Waals surface area contributed by atoms with E-state index in [-0.39, 0.29) is 6.09 Å². The minimum Gasteiger partial charge on any atom is -0.444 e. The summed E-state index contributed by atoms with van der Waals surface area (Å²) in [6, 6.07) is 0.846. The predicted molar refractivity (Wildman–Crippen MR) is 93.2 cm³/mol. The SMILES string of the molecule is C#CCCCNC1CCCC1C1CCCN1C(=O)OC(C)(C)C. The van der Waals surface area contributed by atoms with E-state index >= 15 is 0 Å². The number of hydrogen-bond donors (Lipinski definition) is 1. The molecule has 4 heteroatoms. The van der Waals surface area contributed by atoms with Gasteiger partial charge in [-0.3, -0.25) is 0 Å². The second-order valence-corrected chi connectivity index (χ2v) is 7.85. The number of hydrogen-bond acceptors (Lipinski definition) is 3. The topological polar surface area (TPSA) is 41.6 Å². The zero-order chi connectivity index (χ0) is 16.9. The Morgan fingerprint density at radius 2 is 2.09 bits per heavy atom. The highest BCUT2D eigenvalue weighted by Crippen LogP contribution is 2.36. The van der Waals surface area contributed by atoms with Gasteiger partial charge in [0.1, 0.15) is 5.60 Å². The van der Waals surface area contributed by atoms with Crippen molar-refractivity contribution in [2.75, 3.05) is 13.1 Å². The summed E-state index contributed by atoms with van der Waals surface area (Å²) in [5.41, 5.74) is -0.424. The third-order valence-corrected chi connectivity index (χ3v) is 4.90. The molecule has 23 heavy (non-hydrogen) atoms. The van der Waals surface area contributed by atoms with E-state index in [0.29, 0.717) is 18.0 Å². The van der Waals surface area contributed by atoms with Crippen LogP contribution >= 0.6 is 0 Å². The quantitative estimate of drug-likeness (QED) is 0.622. The predicted octanol–water partition coefficient (Wildman–Crippen LogP) is 3.56. The molecule has 0 aromatic rings. The van der Waals surface area contributed by atoms with E-state index < -0.39 is 5.60 Å². The number of nitrogens with one attached hydrogen (secondary N) is 1. The number of carbonyl (C=O) groups excluding carboxylic acids is 1. The van der Waals surface area contributed by atoms with Crippen LogP contribution in [0.4, 0.5) is 4.79 Å². The molecule has 0 radical (unpaired) electrons. The number of likely N-dealkylation sites (tertiary alicyclic amines) is 1. The number of rotatable bonds is 5. The zero-order valence-corrected chi connectivity index (χ0v) is 14.9. The van der Waals surface area contributed by atoms with Crippen LogP contribution < -0.4 is 5.32 Å². The Morgan fingerprint density at radius 1 is 1.30 bits per heavy atom. The van der Waals surface area contributed by atoms with Crippen LogP contribution in [0.1, 0.15) is 65.7 Å². The first-order valence-corrected chi connectivity index (χ1v) is 9.09. The van der Waals surface area contributed by atoms with E-state index in [1.807, 2.05) is 25.7 Å². The average molecular weight is 320 g/mol. The minimum atomic E-state index is -0.424. The summed E-state index contributed by atoms with van der Waals surface area (Å²) >= 11 is 0. The summed E-state index contributed by atoms with van der Waals surface area (Å²) in [6.45, 7) is 7.61. The molecule has 1 heterocycles. The van der Waals surface area contributed by atoms with Crippen molar-refractivity contribution in [1.29, 1.82) is 0 Å². The summed E-state index contributed by atoms with van der Waals surface area (Å²) in [6.07, 6.45) is 12.9. The molecule has 2 fully saturated rings. The number of amides is 1. The average Bonchev–Trinajstić information content (AvgIpc) is 3.09. The highest BCUT2D eigenvalue weighted by atomic mass is 16.6. The summed E-state index contributed by atoms with van der Waals surface area (Å²) in [4.78, 5) is 14.5. The fourth-order valence-electron chi connectivity index (χ4n) is 3.97. The molecule has 1 saturated carbocycles. The standard InChI is InChI=1S/C19H32N2O2/c1-5-6-7-13-20-16-11-8-10-15(16)17-12-9-14-21(17)18(22)23-19(2,3)4/h1,15-17,20H,6-14H2,2-4H3. The molecule has 3 atom stereocenters. The van der Waals surface area contributed by atoms with Crippen molar-refractivity contribution in [2.45, 2.75) is 83.4 Å². The molecule has 1 aliphatic heterocycles. The molecule has 0 aromatic heterocycles. The lowest BCUT2D eigenvalue weighted by Gasteiger charge is -2.34. The lowest BCUT2D eigenvalue weighted by molar-refractivity contribution is 0.0167. The van der Waals surface area contributed by atoms with Crippen molar-refractivity contribution in [2.24, 2.45) is 5.92 Å². The third-order valence-electron chi connectivity index (χ3n) is 4.90. The fourth-order valence-corrected chi connectivity index (χ4v) is 3.97. The van der Waals surface area contributed by atoms with Gasteiger partial charge in [-0.15, -0.1) is 12.3 Å². The summed E-state index contributed by atoms with van der Waals surface area (Å²) in [5.74, 6) is 3.25. The van der Waals surface area contributed by atoms with Crippen molar-refractivity contribution in [1.82, 2.24) is 10.2 Å². The largest absolute Gasteiger partial charge is 0.444 e. The second-order valence-electron chi connectivity index (χ2n) is 7.85. The maximum Gasteiger partial charge on any atom is 0.410 e. The molecule has 4 nitrogen and oxygen atoms in total. The van der Waals surface area contributed by atoms with Crippen LogP contribution in [-0.4, -0.2) is 41.8 Å². The number of unbranched alkanes of at least 4 members (excludes halogenated alkanes) is 1. The van der Waals surface area contributed by atoms with Crippen molar-refractivity contribution in [3.8, 4) is 12.3 Å². The van der Waals surface area contributed by atoms with Crippen LogP contribution in [0.15, 0.2) is 0 Å². The maximum atomic E-state index is 12.5. The van der Waals surface area contributed by atoms with E-state index in [2.05, 4.69) is 11.2 Å². The fraction of sp³-hybridized carbons (Fsp3) is 0.842. The first kappa shape index (κ1) is 18.1. The van der Waals surface area contributed by atoms with Crippen molar-refractivity contribution in [3.05, 3.63) is 0 Å². The Hall–Kier alpha value is -1.21. The van der Waals surface area contributed by atoms with Crippen LogP contribution in [0.5, 0.6) is 0 Å². The number of terminal acetylenes is 1. The summed E-state index contributed by atoms with van der Waals surface area (Å²) in [7, 11) is 0. The van der Waals surface area contributed by atoms with Gasteiger partial charge >= 0.3 is 6.09 Å². The van der Waals surface area contributed by atoms with E-state index in [9.17, 15) is 4.79 Å². The van der Waals surface area contributed by atoms with Gasteiger partial charge in [0.05, 0.1) is 0 Å². The van der Waals surface area contributed by atoms with Gasteiger partial charge in [-0.2, -0.15) is 0 Å². The molecule has 0 bridgehead atoms.